The van der Waals surface area contributed by atoms with Crippen molar-refractivity contribution in [2.75, 3.05) is 13.1 Å². The van der Waals surface area contributed by atoms with E-state index in [4.69, 9.17) is 4.74 Å². The van der Waals surface area contributed by atoms with Crippen LogP contribution >= 0.6 is 0 Å². The first-order chi connectivity index (χ1) is 6.75. The lowest BCUT2D eigenvalue weighted by Crippen LogP contribution is -2.19. The number of rotatable bonds is 2. The molecule has 0 aromatic heterocycles. The van der Waals surface area contributed by atoms with Crippen LogP contribution in [-0.2, 0) is 0 Å². The molecule has 1 N–H and O–H groups in total. The zero-order valence-electron chi connectivity index (χ0n) is 8.22. The van der Waals surface area contributed by atoms with Crippen LogP contribution in [0.1, 0.15) is 12.0 Å². The Morgan fingerprint density at radius 2 is 2.36 bits per heavy atom. The van der Waals surface area contributed by atoms with E-state index in [0.29, 0.717) is 11.3 Å². The molecule has 1 aliphatic heterocycles. The predicted octanol–water partition coefficient (Wildman–Crippen LogP) is 1.87. The van der Waals surface area contributed by atoms with Gasteiger partial charge in [-0.1, -0.05) is 6.07 Å². The van der Waals surface area contributed by atoms with Crippen molar-refractivity contribution in [3.8, 4) is 5.75 Å². The van der Waals surface area contributed by atoms with Crippen LogP contribution in [0.5, 0.6) is 5.75 Å². The topological polar surface area (TPSA) is 21.3 Å². The molecular weight excluding hydrogens is 181 g/mol. The molecule has 1 unspecified atom stereocenters. The SMILES string of the molecule is Cc1ccc(OC2CCNC2)cc1F. The van der Waals surface area contributed by atoms with Crippen LogP contribution in [0.4, 0.5) is 4.39 Å². The summed E-state index contributed by atoms with van der Waals surface area (Å²) in [7, 11) is 0. The summed E-state index contributed by atoms with van der Waals surface area (Å²) < 4.78 is 18.8. The van der Waals surface area contributed by atoms with Crippen molar-refractivity contribution in [2.24, 2.45) is 0 Å². The minimum absolute atomic E-state index is 0.192. The Kier molecular flexibility index (Phi) is 2.68. The third kappa shape index (κ3) is 2.04. The Hall–Kier alpha value is -1.09. The van der Waals surface area contributed by atoms with Gasteiger partial charge in [0.25, 0.3) is 0 Å². The Bertz CT molecular complexity index is 321. The Morgan fingerprint density at radius 3 is 3.00 bits per heavy atom. The highest BCUT2D eigenvalue weighted by atomic mass is 19.1. The van der Waals surface area contributed by atoms with Gasteiger partial charge in [-0.2, -0.15) is 0 Å². The molecule has 0 spiro atoms. The van der Waals surface area contributed by atoms with Gasteiger partial charge in [-0.15, -0.1) is 0 Å². The van der Waals surface area contributed by atoms with Crippen LogP contribution in [0.15, 0.2) is 18.2 Å². The highest BCUT2D eigenvalue weighted by Crippen LogP contribution is 2.18. The van der Waals surface area contributed by atoms with Gasteiger partial charge < -0.3 is 10.1 Å². The normalized spacial score (nSPS) is 21.1. The number of ether oxygens (including phenoxy) is 1. The third-order valence-electron chi connectivity index (χ3n) is 2.46. The smallest absolute Gasteiger partial charge is 0.129 e. The first-order valence-electron chi connectivity index (χ1n) is 4.89. The molecule has 3 heteroatoms. The predicted molar refractivity (Wildman–Crippen MR) is 53.0 cm³/mol. The second-order valence-corrected chi connectivity index (χ2v) is 3.64. The average Bonchev–Trinajstić information content (AvgIpc) is 2.64. The molecule has 2 rings (SSSR count). The summed E-state index contributed by atoms with van der Waals surface area (Å²) in [5.41, 5.74) is 0.655. The fourth-order valence-electron chi connectivity index (χ4n) is 1.57. The molecule has 1 heterocycles. The number of nitrogens with one attached hydrogen (secondary N) is 1. The summed E-state index contributed by atoms with van der Waals surface area (Å²) in [5.74, 6) is 0.426. The summed E-state index contributed by atoms with van der Waals surface area (Å²) in [5, 5.41) is 3.20. The number of hydrogen-bond acceptors (Lipinski definition) is 2. The maximum Gasteiger partial charge on any atom is 0.129 e. The Labute approximate surface area is 83.1 Å². The second kappa shape index (κ2) is 3.96. The van der Waals surface area contributed by atoms with E-state index in [9.17, 15) is 4.39 Å². The van der Waals surface area contributed by atoms with Crippen molar-refractivity contribution >= 4 is 0 Å². The van der Waals surface area contributed by atoms with E-state index in [-0.39, 0.29) is 11.9 Å². The highest BCUT2D eigenvalue weighted by Gasteiger charge is 2.15. The van der Waals surface area contributed by atoms with E-state index in [1.54, 1.807) is 13.0 Å². The number of halogens is 1. The van der Waals surface area contributed by atoms with Gasteiger partial charge in [0.2, 0.25) is 0 Å². The molecule has 0 amide bonds. The maximum atomic E-state index is 13.2. The Balaban J connectivity index is 2.05. The first-order valence-corrected chi connectivity index (χ1v) is 4.89. The van der Waals surface area contributed by atoms with Gasteiger partial charge in [0, 0.05) is 12.6 Å². The van der Waals surface area contributed by atoms with Crippen molar-refractivity contribution in [3.05, 3.63) is 29.6 Å². The molecule has 2 nitrogen and oxygen atoms in total. The number of benzene rings is 1. The summed E-state index contributed by atoms with van der Waals surface area (Å²) >= 11 is 0. The van der Waals surface area contributed by atoms with Crippen molar-refractivity contribution in [1.29, 1.82) is 0 Å². The van der Waals surface area contributed by atoms with E-state index in [0.717, 1.165) is 19.5 Å². The fourth-order valence-corrected chi connectivity index (χ4v) is 1.57. The average molecular weight is 195 g/mol. The maximum absolute atomic E-state index is 13.2. The molecule has 1 atom stereocenters. The van der Waals surface area contributed by atoms with Gasteiger partial charge in [0.15, 0.2) is 0 Å². The minimum Gasteiger partial charge on any atom is -0.489 e. The molecule has 1 aliphatic rings. The van der Waals surface area contributed by atoms with E-state index in [1.165, 1.54) is 6.07 Å². The standard InChI is InChI=1S/C11H14FNO/c1-8-2-3-9(6-11(8)12)14-10-4-5-13-7-10/h2-3,6,10,13H,4-5,7H2,1H3. The lowest BCUT2D eigenvalue weighted by atomic mass is 10.2. The van der Waals surface area contributed by atoms with Gasteiger partial charge in [-0.3, -0.25) is 0 Å². The largest absolute Gasteiger partial charge is 0.489 e. The summed E-state index contributed by atoms with van der Waals surface area (Å²) in [4.78, 5) is 0. The van der Waals surface area contributed by atoms with Crippen molar-refractivity contribution < 1.29 is 9.13 Å². The second-order valence-electron chi connectivity index (χ2n) is 3.64. The molecule has 1 saturated heterocycles. The minimum atomic E-state index is -0.201. The van der Waals surface area contributed by atoms with Crippen LogP contribution in [-0.4, -0.2) is 19.2 Å². The van der Waals surface area contributed by atoms with Crippen molar-refractivity contribution in [2.45, 2.75) is 19.4 Å². The van der Waals surface area contributed by atoms with Crippen molar-refractivity contribution in [1.82, 2.24) is 5.32 Å². The van der Waals surface area contributed by atoms with Crippen LogP contribution < -0.4 is 10.1 Å². The molecule has 0 aliphatic carbocycles. The summed E-state index contributed by atoms with van der Waals surface area (Å²) in [6, 6.07) is 5.01. The molecule has 0 bridgehead atoms. The molecular formula is C11H14FNO. The lowest BCUT2D eigenvalue weighted by Gasteiger charge is -2.12. The lowest BCUT2D eigenvalue weighted by molar-refractivity contribution is 0.222. The van der Waals surface area contributed by atoms with Crippen LogP contribution in [0.3, 0.4) is 0 Å². The van der Waals surface area contributed by atoms with Gasteiger partial charge in [0.05, 0.1) is 0 Å². The highest BCUT2D eigenvalue weighted by molar-refractivity contribution is 5.28. The zero-order chi connectivity index (χ0) is 9.97. The van der Waals surface area contributed by atoms with E-state index in [1.807, 2.05) is 6.07 Å². The van der Waals surface area contributed by atoms with Gasteiger partial charge in [-0.25, -0.2) is 4.39 Å². The number of hydrogen-bond donors (Lipinski definition) is 1. The fraction of sp³-hybridized carbons (Fsp3) is 0.455. The third-order valence-corrected chi connectivity index (χ3v) is 2.46. The zero-order valence-corrected chi connectivity index (χ0v) is 8.22. The summed E-state index contributed by atoms with van der Waals surface area (Å²) in [6.07, 6.45) is 1.19. The van der Waals surface area contributed by atoms with Crippen LogP contribution in [0, 0.1) is 12.7 Å². The molecule has 1 aromatic carbocycles. The molecule has 1 aromatic rings. The van der Waals surface area contributed by atoms with Crippen molar-refractivity contribution in [3.63, 3.8) is 0 Å². The van der Waals surface area contributed by atoms with Gasteiger partial charge in [0.1, 0.15) is 17.7 Å². The van der Waals surface area contributed by atoms with E-state index in [2.05, 4.69) is 5.32 Å². The molecule has 1 fully saturated rings. The number of aryl methyl sites for hydroxylation is 1. The van der Waals surface area contributed by atoms with E-state index >= 15 is 0 Å². The quantitative estimate of drug-likeness (QED) is 0.778. The molecule has 14 heavy (non-hydrogen) atoms. The Morgan fingerprint density at radius 1 is 1.50 bits per heavy atom. The van der Waals surface area contributed by atoms with Gasteiger partial charge >= 0.3 is 0 Å². The van der Waals surface area contributed by atoms with Crippen LogP contribution in [0.25, 0.3) is 0 Å². The molecule has 0 saturated carbocycles. The molecule has 76 valence electrons. The van der Waals surface area contributed by atoms with Crippen LogP contribution in [0.2, 0.25) is 0 Å². The molecule has 0 radical (unpaired) electrons. The summed E-state index contributed by atoms with van der Waals surface area (Å²) in [6.45, 7) is 3.59. The first kappa shape index (κ1) is 9.46. The van der Waals surface area contributed by atoms with Gasteiger partial charge in [-0.05, 0) is 31.5 Å². The van der Waals surface area contributed by atoms with E-state index < -0.39 is 0 Å². The monoisotopic (exact) mass is 195 g/mol.